The first-order valence-corrected chi connectivity index (χ1v) is 9.80. The molecular weight excluding hydrogens is 363 g/mol. The summed E-state index contributed by atoms with van der Waals surface area (Å²) in [6, 6.07) is 8.88. The van der Waals surface area contributed by atoms with Crippen LogP contribution in [-0.2, 0) is 10.0 Å². The standard InChI is InChI=1S/C14H14Cl2N2O2S2/c15-11-3-1-4-12(14(11)16)17-6-8-18(9-7-17)22(19,20)13-5-2-10-21-13/h1-5,10H,6-9H2. The molecule has 0 aliphatic carbocycles. The van der Waals surface area contributed by atoms with Gasteiger partial charge in [-0.25, -0.2) is 8.42 Å². The van der Waals surface area contributed by atoms with Crippen LogP contribution in [0.4, 0.5) is 5.69 Å². The lowest BCUT2D eigenvalue weighted by Gasteiger charge is -2.35. The van der Waals surface area contributed by atoms with Gasteiger partial charge in [-0.1, -0.05) is 35.3 Å². The van der Waals surface area contributed by atoms with Gasteiger partial charge < -0.3 is 4.90 Å². The Morgan fingerprint density at radius 2 is 1.73 bits per heavy atom. The molecule has 0 amide bonds. The van der Waals surface area contributed by atoms with Crippen LogP contribution in [0, 0.1) is 0 Å². The van der Waals surface area contributed by atoms with Crippen molar-refractivity contribution >= 4 is 50.2 Å². The minimum Gasteiger partial charge on any atom is -0.368 e. The van der Waals surface area contributed by atoms with Crippen LogP contribution in [0.15, 0.2) is 39.9 Å². The zero-order valence-electron chi connectivity index (χ0n) is 11.6. The van der Waals surface area contributed by atoms with E-state index < -0.39 is 10.0 Å². The van der Waals surface area contributed by atoms with E-state index in [1.165, 1.54) is 15.6 Å². The van der Waals surface area contributed by atoms with Gasteiger partial charge in [0.25, 0.3) is 10.0 Å². The molecule has 1 fully saturated rings. The normalized spacial score (nSPS) is 16.9. The average molecular weight is 377 g/mol. The molecule has 2 aromatic rings. The number of hydrogen-bond acceptors (Lipinski definition) is 4. The highest BCUT2D eigenvalue weighted by Crippen LogP contribution is 2.33. The molecule has 0 spiro atoms. The van der Waals surface area contributed by atoms with E-state index >= 15 is 0 Å². The topological polar surface area (TPSA) is 40.6 Å². The maximum atomic E-state index is 12.5. The number of anilines is 1. The third kappa shape index (κ3) is 2.98. The number of sulfonamides is 1. The Morgan fingerprint density at radius 1 is 1.00 bits per heavy atom. The zero-order valence-corrected chi connectivity index (χ0v) is 14.7. The fourth-order valence-electron chi connectivity index (χ4n) is 2.44. The second-order valence-electron chi connectivity index (χ2n) is 4.90. The molecule has 118 valence electrons. The van der Waals surface area contributed by atoms with Crippen molar-refractivity contribution in [1.82, 2.24) is 4.31 Å². The van der Waals surface area contributed by atoms with Crippen LogP contribution in [0.5, 0.6) is 0 Å². The maximum Gasteiger partial charge on any atom is 0.252 e. The summed E-state index contributed by atoms with van der Waals surface area (Å²) in [5.74, 6) is 0. The first kappa shape index (κ1) is 16.1. The van der Waals surface area contributed by atoms with E-state index in [0.717, 1.165) is 5.69 Å². The average Bonchev–Trinajstić information content (AvgIpc) is 3.05. The van der Waals surface area contributed by atoms with Gasteiger partial charge in [-0.3, -0.25) is 0 Å². The summed E-state index contributed by atoms with van der Waals surface area (Å²) >= 11 is 13.5. The maximum absolute atomic E-state index is 12.5. The Bertz CT molecular complexity index is 755. The second kappa shape index (κ2) is 6.37. The van der Waals surface area contributed by atoms with Crippen molar-refractivity contribution < 1.29 is 8.42 Å². The third-order valence-corrected chi connectivity index (χ3v) is 7.68. The largest absolute Gasteiger partial charge is 0.368 e. The summed E-state index contributed by atoms with van der Waals surface area (Å²) in [5, 5.41) is 2.79. The molecule has 0 atom stereocenters. The minimum atomic E-state index is -3.38. The number of piperazine rings is 1. The molecule has 1 aliphatic rings. The fraction of sp³-hybridized carbons (Fsp3) is 0.286. The molecule has 1 aromatic carbocycles. The van der Waals surface area contributed by atoms with Gasteiger partial charge in [0.05, 0.1) is 15.7 Å². The molecular formula is C14H14Cl2N2O2S2. The van der Waals surface area contributed by atoms with E-state index in [2.05, 4.69) is 4.90 Å². The van der Waals surface area contributed by atoms with Crippen LogP contribution in [0.25, 0.3) is 0 Å². The Balaban J connectivity index is 1.75. The quantitative estimate of drug-likeness (QED) is 0.821. The number of thiophene rings is 1. The lowest BCUT2D eigenvalue weighted by molar-refractivity contribution is 0.386. The van der Waals surface area contributed by atoms with Crippen molar-refractivity contribution in [3.05, 3.63) is 45.8 Å². The van der Waals surface area contributed by atoms with E-state index in [-0.39, 0.29) is 0 Å². The molecule has 1 saturated heterocycles. The molecule has 22 heavy (non-hydrogen) atoms. The SMILES string of the molecule is O=S(=O)(c1cccs1)N1CCN(c2cccc(Cl)c2Cl)CC1. The van der Waals surface area contributed by atoms with E-state index in [4.69, 9.17) is 23.2 Å². The van der Waals surface area contributed by atoms with Gasteiger partial charge in [-0.05, 0) is 23.6 Å². The number of rotatable bonds is 3. The molecule has 8 heteroatoms. The number of halogens is 2. The summed E-state index contributed by atoms with van der Waals surface area (Å²) in [5.41, 5.74) is 0.849. The van der Waals surface area contributed by atoms with Crippen molar-refractivity contribution in [3.63, 3.8) is 0 Å². The van der Waals surface area contributed by atoms with Crippen molar-refractivity contribution in [1.29, 1.82) is 0 Å². The Hall–Kier alpha value is -0.790. The molecule has 0 bridgehead atoms. The molecule has 2 heterocycles. The molecule has 0 N–H and O–H groups in total. The fourth-order valence-corrected chi connectivity index (χ4v) is 5.43. The van der Waals surface area contributed by atoms with E-state index in [9.17, 15) is 8.42 Å². The number of benzene rings is 1. The van der Waals surface area contributed by atoms with Crippen molar-refractivity contribution in [3.8, 4) is 0 Å². The van der Waals surface area contributed by atoms with Gasteiger partial charge in [0.1, 0.15) is 4.21 Å². The number of hydrogen-bond donors (Lipinski definition) is 0. The molecule has 0 saturated carbocycles. The van der Waals surface area contributed by atoms with Crippen molar-refractivity contribution in [2.24, 2.45) is 0 Å². The predicted molar refractivity (Wildman–Crippen MR) is 91.8 cm³/mol. The van der Waals surface area contributed by atoms with E-state index in [1.54, 1.807) is 23.6 Å². The van der Waals surface area contributed by atoms with Crippen molar-refractivity contribution in [2.45, 2.75) is 4.21 Å². The highest BCUT2D eigenvalue weighted by molar-refractivity contribution is 7.91. The molecule has 1 aliphatic heterocycles. The Kier molecular flexibility index (Phi) is 4.66. The van der Waals surface area contributed by atoms with Crippen LogP contribution in [0.2, 0.25) is 10.0 Å². The Labute approximate surface area is 143 Å². The second-order valence-corrected chi connectivity index (χ2v) is 8.79. The van der Waals surface area contributed by atoms with Crippen LogP contribution in [0.3, 0.4) is 0 Å². The van der Waals surface area contributed by atoms with Crippen LogP contribution in [-0.4, -0.2) is 38.9 Å². The first-order valence-electron chi connectivity index (χ1n) is 6.73. The van der Waals surface area contributed by atoms with E-state index in [1.807, 2.05) is 12.1 Å². The summed E-state index contributed by atoms with van der Waals surface area (Å²) in [6.07, 6.45) is 0. The molecule has 3 rings (SSSR count). The molecule has 0 unspecified atom stereocenters. The third-order valence-electron chi connectivity index (χ3n) is 3.60. The molecule has 0 radical (unpaired) electrons. The van der Waals surface area contributed by atoms with Crippen LogP contribution >= 0.6 is 34.5 Å². The summed E-state index contributed by atoms with van der Waals surface area (Å²) < 4.78 is 26.9. The van der Waals surface area contributed by atoms with Gasteiger partial charge >= 0.3 is 0 Å². The zero-order chi connectivity index (χ0) is 15.7. The molecule has 4 nitrogen and oxygen atoms in total. The first-order chi connectivity index (χ1) is 10.5. The highest BCUT2D eigenvalue weighted by Gasteiger charge is 2.29. The Morgan fingerprint density at radius 3 is 2.36 bits per heavy atom. The van der Waals surface area contributed by atoms with Gasteiger partial charge in [-0.15, -0.1) is 11.3 Å². The van der Waals surface area contributed by atoms with Crippen LogP contribution < -0.4 is 4.90 Å². The van der Waals surface area contributed by atoms with Crippen molar-refractivity contribution in [2.75, 3.05) is 31.1 Å². The van der Waals surface area contributed by atoms with Gasteiger partial charge in [-0.2, -0.15) is 4.31 Å². The predicted octanol–water partition coefficient (Wildman–Crippen LogP) is 3.57. The van der Waals surface area contributed by atoms with Gasteiger partial charge in [0, 0.05) is 26.2 Å². The lowest BCUT2D eigenvalue weighted by Crippen LogP contribution is -2.48. The van der Waals surface area contributed by atoms with Crippen LogP contribution in [0.1, 0.15) is 0 Å². The number of nitrogens with zero attached hydrogens (tertiary/aromatic N) is 2. The summed E-state index contributed by atoms with van der Waals surface area (Å²) in [6.45, 7) is 2.04. The summed E-state index contributed by atoms with van der Waals surface area (Å²) in [4.78, 5) is 2.06. The summed E-state index contributed by atoms with van der Waals surface area (Å²) in [7, 11) is -3.38. The van der Waals surface area contributed by atoms with Gasteiger partial charge in [0.2, 0.25) is 0 Å². The monoisotopic (exact) mass is 376 g/mol. The van der Waals surface area contributed by atoms with E-state index in [0.29, 0.717) is 40.4 Å². The highest BCUT2D eigenvalue weighted by atomic mass is 35.5. The lowest BCUT2D eigenvalue weighted by atomic mass is 10.2. The van der Waals surface area contributed by atoms with Gasteiger partial charge in [0.15, 0.2) is 0 Å². The molecule has 1 aromatic heterocycles. The smallest absolute Gasteiger partial charge is 0.252 e. The minimum absolute atomic E-state index is 0.390.